The Morgan fingerprint density at radius 3 is 2.87 bits per heavy atom. The highest BCUT2D eigenvalue weighted by molar-refractivity contribution is 9.09. The monoisotopic (exact) mass is 288 g/mol. The standard InChI is InChI=1S/C11H13BrO2S/c1-2-14-10-5-3-4-8(11(10)15)6-9(13)7-12/h3-5,15H,2,6-7H2,1H3. The molecule has 4 heteroatoms. The molecular formula is C11H13BrO2S. The number of rotatable bonds is 5. The van der Waals surface area contributed by atoms with Crippen LogP contribution in [0.15, 0.2) is 23.1 Å². The molecule has 82 valence electrons. The van der Waals surface area contributed by atoms with E-state index in [4.69, 9.17) is 4.74 Å². The maximum Gasteiger partial charge on any atom is 0.147 e. The van der Waals surface area contributed by atoms with E-state index in [2.05, 4.69) is 28.6 Å². The molecule has 1 aromatic rings. The number of hydrogen-bond donors (Lipinski definition) is 1. The minimum atomic E-state index is 0.138. The number of ketones is 1. The van der Waals surface area contributed by atoms with Crippen molar-refractivity contribution in [3.05, 3.63) is 23.8 Å². The summed E-state index contributed by atoms with van der Waals surface area (Å²) in [6.07, 6.45) is 0.394. The molecule has 0 aliphatic rings. The Morgan fingerprint density at radius 1 is 1.53 bits per heavy atom. The highest BCUT2D eigenvalue weighted by atomic mass is 79.9. The molecule has 1 rings (SSSR count). The molecule has 0 fully saturated rings. The van der Waals surface area contributed by atoms with E-state index in [1.54, 1.807) is 0 Å². The second-order valence-electron chi connectivity index (χ2n) is 3.05. The van der Waals surface area contributed by atoms with E-state index in [9.17, 15) is 4.79 Å². The van der Waals surface area contributed by atoms with Crippen molar-refractivity contribution < 1.29 is 9.53 Å². The lowest BCUT2D eigenvalue weighted by Crippen LogP contribution is -2.05. The zero-order chi connectivity index (χ0) is 11.3. The molecule has 0 saturated heterocycles. The Bertz CT molecular complexity index is 352. The van der Waals surface area contributed by atoms with Crippen molar-refractivity contribution >= 4 is 34.3 Å². The third-order valence-electron chi connectivity index (χ3n) is 1.92. The first-order valence-corrected chi connectivity index (χ1v) is 6.27. The second-order valence-corrected chi connectivity index (χ2v) is 4.05. The Balaban J connectivity index is 2.88. The summed E-state index contributed by atoms with van der Waals surface area (Å²) in [7, 11) is 0. The van der Waals surface area contributed by atoms with Crippen LogP contribution in [0, 0.1) is 0 Å². The average molecular weight is 289 g/mol. The van der Waals surface area contributed by atoms with Crippen LogP contribution in [0.1, 0.15) is 12.5 Å². The highest BCUT2D eigenvalue weighted by Crippen LogP contribution is 2.26. The lowest BCUT2D eigenvalue weighted by molar-refractivity contribution is -0.115. The fourth-order valence-corrected chi connectivity index (χ4v) is 1.73. The van der Waals surface area contributed by atoms with Crippen LogP contribution in [-0.2, 0) is 11.2 Å². The average Bonchev–Trinajstić information content (AvgIpc) is 2.24. The molecular weight excluding hydrogens is 276 g/mol. The molecule has 0 radical (unpaired) electrons. The van der Waals surface area contributed by atoms with E-state index >= 15 is 0 Å². The van der Waals surface area contributed by atoms with Gasteiger partial charge < -0.3 is 4.74 Å². The molecule has 2 nitrogen and oxygen atoms in total. The van der Waals surface area contributed by atoms with E-state index in [1.165, 1.54) is 0 Å². The van der Waals surface area contributed by atoms with E-state index in [1.807, 2.05) is 25.1 Å². The number of ether oxygens (including phenoxy) is 1. The van der Waals surface area contributed by atoms with Crippen LogP contribution in [0.4, 0.5) is 0 Å². The van der Waals surface area contributed by atoms with Crippen LogP contribution in [0.2, 0.25) is 0 Å². The third kappa shape index (κ3) is 3.54. The van der Waals surface area contributed by atoms with Gasteiger partial charge in [0.15, 0.2) is 0 Å². The summed E-state index contributed by atoms with van der Waals surface area (Å²) in [5.74, 6) is 0.875. The number of carbonyl (C=O) groups excluding carboxylic acids is 1. The molecule has 0 atom stereocenters. The van der Waals surface area contributed by atoms with Gasteiger partial charge in [0.05, 0.1) is 11.9 Å². The topological polar surface area (TPSA) is 26.3 Å². The van der Waals surface area contributed by atoms with Crippen LogP contribution in [0.3, 0.4) is 0 Å². The number of carbonyl (C=O) groups is 1. The van der Waals surface area contributed by atoms with Crippen molar-refractivity contribution in [3.63, 3.8) is 0 Å². The quantitative estimate of drug-likeness (QED) is 0.666. The highest BCUT2D eigenvalue weighted by Gasteiger charge is 2.08. The SMILES string of the molecule is CCOc1cccc(CC(=O)CBr)c1S. The lowest BCUT2D eigenvalue weighted by atomic mass is 10.1. The summed E-state index contributed by atoms with van der Waals surface area (Å²) < 4.78 is 5.39. The van der Waals surface area contributed by atoms with Crippen molar-refractivity contribution in [2.75, 3.05) is 11.9 Å². The molecule has 0 aromatic heterocycles. The zero-order valence-corrected chi connectivity index (χ0v) is 11.0. The molecule has 15 heavy (non-hydrogen) atoms. The van der Waals surface area contributed by atoms with E-state index < -0.39 is 0 Å². The maximum atomic E-state index is 11.3. The van der Waals surface area contributed by atoms with E-state index in [0.717, 1.165) is 16.2 Å². The summed E-state index contributed by atoms with van der Waals surface area (Å²) in [5.41, 5.74) is 0.911. The first-order valence-electron chi connectivity index (χ1n) is 4.70. The molecule has 0 spiro atoms. The van der Waals surface area contributed by atoms with Crippen LogP contribution < -0.4 is 4.74 Å². The van der Waals surface area contributed by atoms with Gasteiger partial charge in [0.25, 0.3) is 0 Å². The van der Waals surface area contributed by atoms with Crippen molar-refractivity contribution in [2.24, 2.45) is 0 Å². The van der Waals surface area contributed by atoms with E-state index in [0.29, 0.717) is 18.4 Å². The minimum absolute atomic E-state index is 0.138. The number of Topliss-reactive ketones (excluding diaryl/α,β-unsaturated/α-hetero) is 1. The van der Waals surface area contributed by atoms with Gasteiger partial charge in [0.1, 0.15) is 11.5 Å². The summed E-state index contributed by atoms with van der Waals surface area (Å²) in [6.45, 7) is 2.52. The maximum absolute atomic E-state index is 11.3. The van der Waals surface area contributed by atoms with Gasteiger partial charge in [-0.2, -0.15) is 0 Å². The van der Waals surface area contributed by atoms with Crippen LogP contribution in [0.5, 0.6) is 5.75 Å². The molecule has 0 aliphatic heterocycles. The first-order chi connectivity index (χ1) is 7.19. The van der Waals surface area contributed by atoms with Gasteiger partial charge in [-0.25, -0.2) is 0 Å². The molecule has 1 aromatic carbocycles. The molecule has 0 saturated carbocycles. The number of thiol groups is 1. The molecule has 0 N–H and O–H groups in total. The first kappa shape index (κ1) is 12.6. The second kappa shape index (κ2) is 6.18. The smallest absolute Gasteiger partial charge is 0.147 e. The normalized spacial score (nSPS) is 10.1. The van der Waals surface area contributed by atoms with Crippen molar-refractivity contribution in [1.29, 1.82) is 0 Å². The fourth-order valence-electron chi connectivity index (χ4n) is 1.24. The van der Waals surface area contributed by atoms with Gasteiger partial charge in [-0.1, -0.05) is 28.1 Å². The van der Waals surface area contributed by atoms with Gasteiger partial charge >= 0.3 is 0 Å². The minimum Gasteiger partial charge on any atom is -0.493 e. The van der Waals surface area contributed by atoms with Crippen molar-refractivity contribution in [2.45, 2.75) is 18.2 Å². The Kier molecular flexibility index (Phi) is 5.19. The number of benzene rings is 1. The van der Waals surface area contributed by atoms with Crippen LogP contribution >= 0.6 is 28.6 Å². The van der Waals surface area contributed by atoms with Gasteiger partial charge in [-0.15, -0.1) is 12.6 Å². The van der Waals surface area contributed by atoms with Crippen molar-refractivity contribution in [3.8, 4) is 5.75 Å². The molecule has 0 unspecified atom stereocenters. The van der Waals surface area contributed by atoms with Crippen LogP contribution in [0.25, 0.3) is 0 Å². The Labute approximate surface area is 104 Å². The van der Waals surface area contributed by atoms with Gasteiger partial charge in [-0.3, -0.25) is 4.79 Å². The summed E-state index contributed by atoms with van der Waals surface area (Å²) in [4.78, 5) is 12.0. The van der Waals surface area contributed by atoms with Crippen LogP contribution in [-0.4, -0.2) is 17.7 Å². The lowest BCUT2D eigenvalue weighted by Gasteiger charge is -2.09. The number of alkyl halides is 1. The van der Waals surface area contributed by atoms with Gasteiger partial charge in [0, 0.05) is 11.3 Å². The summed E-state index contributed by atoms with van der Waals surface area (Å²) in [6, 6.07) is 5.63. The summed E-state index contributed by atoms with van der Waals surface area (Å²) >= 11 is 7.51. The number of hydrogen-bond acceptors (Lipinski definition) is 3. The predicted octanol–water partition coefficient (Wildman–Crippen LogP) is 2.88. The molecule has 0 aliphatic carbocycles. The molecule has 0 heterocycles. The predicted molar refractivity (Wildman–Crippen MR) is 67.4 cm³/mol. The zero-order valence-electron chi connectivity index (χ0n) is 8.50. The fraction of sp³-hybridized carbons (Fsp3) is 0.364. The molecule has 0 bridgehead atoms. The molecule has 0 amide bonds. The Morgan fingerprint density at radius 2 is 2.27 bits per heavy atom. The summed E-state index contributed by atoms with van der Waals surface area (Å²) in [5, 5.41) is 0.374. The Hall–Kier alpha value is -0.480. The van der Waals surface area contributed by atoms with E-state index in [-0.39, 0.29) is 5.78 Å². The van der Waals surface area contributed by atoms with Crippen molar-refractivity contribution in [1.82, 2.24) is 0 Å². The third-order valence-corrected chi connectivity index (χ3v) is 3.05. The van der Waals surface area contributed by atoms with Gasteiger partial charge in [0.2, 0.25) is 0 Å². The number of halogens is 1. The van der Waals surface area contributed by atoms with Gasteiger partial charge in [-0.05, 0) is 18.6 Å². The largest absolute Gasteiger partial charge is 0.493 e.